The van der Waals surface area contributed by atoms with Crippen molar-refractivity contribution in [3.63, 3.8) is 0 Å². The van der Waals surface area contributed by atoms with Crippen LogP contribution >= 0.6 is 23.2 Å². The number of H-pyrrole nitrogens is 2. The van der Waals surface area contributed by atoms with Gasteiger partial charge in [0.1, 0.15) is 0 Å². The maximum Gasteiger partial charge on any atom is 0.349 e. The average molecular weight is 543 g/mol. The van der Waals surface area contributed by atoms with Crippen LogP contribution in [0.15, 0.2) is 62.9 Å². The molecule has 0 atom stereocenters. The molecule has 11 nitrogen and oxygen atoms in total. The zero-order chi connectivity index (χ0) is 26.1. The Labute approximate surface area is 218 Å². The number of hydrogen-bond acceptors (Lipinski definition) is 8. The van der Waals surface area contributed by atoms with Crippen molar-refractivity contribution in [3.05, 3.63) is 101 Å². The van der Waals surface area contributed by atoms with E-state index in [0.29, 0.717) is 25.0 Å². The highest BCUT2D eigenvalue weighted by molar-refractivity contribution is 6.37. The van der Waals surface area contributed by atoms with Gasteiger partial charge in [-0.2, -0.15) is 4.68 Å². The lowest BCUT2D eigenvalue weighted by Gasteiger charge is -2.34. The maximum absolute atomic E-state index is 12.4. The molecule has 0 amide bonds. The highest BCUT2D eigenvalue weighted by Gasteiger charge is 2.33. The topological polar surface area (TPSA) is 158 Å². The number of benzene rings is 2. The second kappa shape index (κ2) is 10.2. The summed E-state index contributed by atoms with van der Waals surface area (Å²) in [4.78, 5) is 38.1. The summed E-state index contributed by atoms with van der Waals surface area (Å²) in [7, 11) is 0. The molecule has 4 N–H and O–H groups in total. The summed E-state index contributed by atoms with van der Waals surface area (Å²) in [6.07, 6.45) is 1.44. The summed E-state index contributed by atoms with van der Waals surface area (Å²) >= 11 is 12.7. The lowest BCUT2D eigenvalue weighted by molar-refractivity contribution is -0.0210. The Morgan fingerprint density at radius 1 is 1.03 bits per heavy atom. The van der Waals surface area contributed by atoms with Crippen molar-refractivity contribution in [2.75, 3.05) is 5.73 Å². The van der Waals surface area contributed by atoms with Crippen molar-refractivity contribution in [2.24, 2.45) is 0 Å². The first-order chi connectivity index (χ1) is 17.8. The van der Waals surface area contributed by atoms with Gasteiger partial charge in [0, 0.05) is 11.6 Å². The first kappa shape index (κ1) is 24.8. The van der Waals surface area contributed by atoms with Crippen LogP contribution in [0.25, 0.3) is 5.69 Å². The summed E-state index contributed by atoms with van der Waals surface area (Å²) < 4.78 is 12.6. The molecule has 0 spiro atoms. The molecular weight excluding hydrogens is 523 g/mol. The van der Waals surface area contributed by atoms with E-state index in [1.165, 1.54) is 12.1 Å². The van der Waals surface area contributed by atoms with Crippen LogP contribution in [0.5, 0.6) is 11.6 Å². The largest absolute Gasteiger partial charge is 0.434 e. The van der Waals surface area contributed by atoms with Crippen molar-refractivity contribution >= 4 is 29.0 Å². The number of ether oxygens (including phenoxy) is 2. The van der Waals surface area contributed by atoms with E-state index in [0.717, 1.165) is 10.2 Å². The van der Waals surface area contributed by atoms with E-state index in [-0.39, 0.29) is 44.9 Å². The van der Waals surface area contributed by atoms with Gasteiger partial charge in [-0.25, -0.2) is 9.89 Å². The van der Waals surface area contributed by atoms with Gasteiger partial charge >= 0.3 is 5.69 Å². The van der Waals surface area contributed by atoms with Crippen molar-refractivity contribution < 1.29 is 9.47 Å². The Kier molecular flexibility index (Phi) is 6.83. The number of aromatic amines is 2. The van der Waals surface area contributed by atoms with Crippen LogP contribution in [-0.4, -0.2) is 31.1 Å². The molecule has 4 aromatic rings. The Hall–Kier alpha value is -3.93. The number of nitrogens with zero attached hydrogens (tertiary/aromatic N) is 3. The molecular formula is C24H20Cl2N6O5. The third-order valence-corrected chi connectivity index (χ3v) is 6.52. The monoisotopic (exact) mass is 542 g/mol. The molecule has 2 heterocycles. The fourth-order valence-corrected chi connectivity index (χ4v) is 4.51. The van der Waals surface area contributed by atoms with E-state index in [1.807, 2.05) is 35.3 Å². The summed E-state index contributed by atoms with van der Waals surface area (Å²) in [6.45, 7) is 0.513. The summed E-state index contributed by atoms with van der Waals surface area (Å²) in [6, 6.07) is 14.2. The van der Waals surface area contributed by atoms with E-state index in [4.69, 9.17) is 38.4 Å². The zero-order valence-corrected chi connectivity index (χ0v) is 20.6. The molecule has 0 saturated heterocycles. The van der Waals surface area contributed by atoms with Gasteiger partial charge in [0.15, 0.2) is 5.75 Å². The van der Waals surface area contributed by atoms with Gasteiger partial charge in [0.2, 0.25) is 11.7 Å². The van der Waals surface area contributed by atoms with E-state index >= 15 is 0 Å². The van der Waals surface area contributed by atoms with Crippen molar-refractivity contribution in [2.45, 2.75) is 31.5 Å². The molecule has 2 aromatic carbocycles. The van der Waals surface area contributed by atoms with Crippen LogP contribution in [0, 0.1) is 0 Å². The molecule has 0 unspecified atom stereocenters. The number of nitrogens with two attached hydrogens (primary N) is 1. The molecule has 190 valence electrons. The summed E-state index contributed by atoms with van der Waals surface area (Å²) in [5, 5.41) is 10.2. The van der Waals surface area contributed by atoms with Gasteiger partial charge < -0.3 is 15.2 Å². The maximum atomic E-state index is 12.4. The van der Waals surface area contributed by atoms with E-state index < -0.39 is 17.1 Å². The Morgan fingerprint density at radius 3 is 2.43 bits per heavy atom. The highest BCUT2D eigenvalue weighted by atomic mass is 35.5. The molecule has 2 aromatic heterocycles. The van der Waals surface area contributed by atoms with E-state index in [2.05, 4.69) is 15.3 Å². The first-order valence-electron chi connectivity index (χ1n) is 11.2. The fraction of sp³-hybridized carbons (Fsp3) is 0.208. The number of hydrogen-bond donors (Lipinski definition) is 3. The van der Waals surface area contributed by atoms with E-state index in [1.54, 1.807) is 6.07 Å². The molecule has 37 heavy (non-hydrogen) atoms. The first-order valence-corrected chi connectivity index (χ1v) is 12.0. The van der Waals surface area contributed by atoms with Crippen molar-refractivity contribution in [1.82, 2.24) is 25.0 Å². The van der Waals surface area contributed by atoms with Crippen LogP contribution in [0.4, 0.5) is 5.82 Å². The molecule has 5 rings (SSSR count). The number of rotatable bonds is 7. The Morgan fingerprint density at radius 2 is 1.73 bits per heavy atom. The number of aromatic nitrogens is 5. The second-order valence-electron chi connectivity index (χ2n) is 8.47. The Balaban J connectivity index is 1.31. The zero-order valence-electron chi connectivity index (χ0n) is 19.1. The van der Waals surface area contributed by atoms with Gasteiger partial charge in [0.05, 0.1) is 28.4 Å². The Bertz CT molecular complexity index is 1610. The standard InChI is InChI=1S/C24H20Cl2N6O5/c25-17-8-14(32-24(35)28-23(34)21(27)31-32)9-18(26)20(17)37-19-10-16(22(33)30-29-19)13-6-15(7-13)36-11-12-4-2-1-3-5-12/h1-5,8-10,13,15H,6-7,11H2,(H2,27,31)(H,30,33)(H,28,34,35)/t13-,15+. The lowest BCUT2D eigenvalue weighted by Crippen LogP contribution is -2.33. The van der Waals surface area contributed by atoms with Crippen molar-refractivity contribution in [1.29, 1.82) is 0 Å². The molecule has 1 aliphatic carbocycles. The third kappa shape index (κ3) is 5.29. The smallest absolute Gasteiger partial charge is 0.349 e. The predicted octanol–water partition coefficient (Wildman–Crippen LogP) is 3.15. The second-order valence-corrected chi connectivity index (χ2v) is 9.29. The number of nitrogen functional groups attached to an aromatic ring is 1. The van der Waals surface area contributed by atoms with Gasteiger partial charge in [-0.05, 0) is 36.5 Å². The van der Waals surface area contributed by atoms with Crippen LogP contribution in [0.3, 0.4) is 0 Å². The number of anilines is 1. The minimum atomic E-state index is -0.821. The van der Waals surface area contributed by atoms with Crippen molar-refractivity contribution in [3.8, 4) is 17.3 Å². The van der Waals surface area contributed by atoms with Crippen LogP contribution < -0.4 is 27.3 Å². The molecule has 1 fully saturated rings. The normalized spacial score (nSPS) is 16.8. The fourth-order valence-electron chi connectivity index (χ4n) is 3.96. The minimum Gasteiger partial charge on any atom is -0.434 e. The molecule has 0 bridgehead atoms. The highest BCUT2D eigenvalue weighted by Crippen LogP contribution is 2.40. The predicted molar refractivity (Wildman–Crippen MR) is 137 cm³/mol. The van der Waals surface area contributed by atoms with Gasteiger partial charge in [0.25, 0.3) is 11.1 Å². The van der Waals surface area contributed by atoms with Crippen LogP contribution in [-0.2, 0) is 11.3 Å². The van der Waals surface area contributed by atoms with Gasteiger partial charge in [-0.15, -0.1) is 10.2 Å². The number of halogens is 2. The van der Waals surface area contributed by atoms with Crippen LogP contribution in [0.1, 0.15) is 29.9 Å². The van der Waals surface area contributed by atoms with Gasteiger partial charge in [-0.1, -0.05) is 53.5 Å². The molecule has 1 aliphatic rings. The third-order valence-electron chi connectivity index (χ3n) is 5.96. The lowest BCUT2D eigenvalue weighted by atomic mass is 9.78. The number of nitrogens with one attached hydrogen (secondary N) is 2. The molecule has 1 saturated carbocycles. The van der Waals surface area contributed by atoms with E-state index in [9.17, 15) is 14.4 Å². The summed E-state index contributed by atoms with van der Waals surface area (Å²) in [5.74, 6) is -0.267. The SMILES string of the molecule is Nc1nn(-c2cc(Cl)c(Oc3cc([C@H]4C[C@@H](OCc5ccccc5)C4)c(=O)[nH]n3)c(Cl)c2)c(=O)[nH]c1=O. The quantitative estimate of drug-likeness (QED) is 0.321. The summed E-state index contributed by atoms with van der Waals surface area (Å²) in [5.41, 5.74) is 5.33. The molecule has 13 heteroatoms. The molecule has 0 aliphatic heterocycles. The van der Waals surface area contributed by atoms with Gasteiger partial charge in [-0.3, -0.25) is 14.6 Å². The van der Waals surface area contributed by atoms with Crippen LogP contribution in [0.2, 0.25) is 10.0 Å². The minimum absolute atomic E-state index is 0.00756. The molecule has 0 radical (unpaired) electrons. The average Bonchev–Trinajstić information content (AvgIpc) is 2.85.